The molecule has 0 atom stereocenters. The number of halogens is 1. The zero-order valence-electron chi connectivity index (χ0n) is 8.93. The highest BCUT2D eigenvalue weighted by Crippen LogP contribution is 2.18. The summed E-state index contributed by atoms with van der Waals surface area (Å²) in [6, 6.07) is 14.5. The lowest BCUT2D eigenvalue weighted by molar-refractivity contribution is 0.300. The Hall–Kier alpha value is -2.05. The number of hydrogen-bond acceptors (Lipinski definition) is 3. The van der Waals surface area contributed by atoms with Crippen molar-refractivity contribution in [1.29, 1.82) is 5.26 Å². The van der Waals surface area contributed by atoms with E-state index in [1.54, 1.807) is 24.3 Å². The van der Waals surface area contributed by atoms with Crippen LogP contribution in [-0.2, 0) is 6.61 Å². The van der Waals surface area contributed by atoms with Crippen LogP contribution in [0.25, 0.3) is 0 Å². The Labute approximate surface area is 104 Å². The van der Waals surface area contributed by atoms with Gasteiger partial charge in [0, 0.05) is 0 Å². The maximum Gasteiger partial charge on any atom is 0.137 e. The number of aromatic nitrogens is 1. The van der Waals surface area contributed by atoms with Crippen molar-refractivity contribution in [3.63, 3.8) is 0 Å². The Bertz CT molecular complexity index is 563. The van der Waals surface area contributed by atoms with E-state index in [1.807, 2.05) is 18.2 Å². The van der Waals surface area contributed by atoms with Crippen LogP contribution in [0.3, 0.4) is 0 Å². The lowest BCUT2D eigenvalue weighted by Gasteiger charge is -2.06. The predicted octanol–water partition coefficient (Wildman–Crippen LogP) is 3.19. The number of rotatable bonds is 3. The van der Waals surface area contributed by atoms with Crippen molar-refractivity contribution in [3.05, 3.63) is 58.9 Å². The molecule has 0 unspecified atom stereocenters. The van der Waals surface area contributed by atoms with Crippen molar-refractivity contribution in [1.82, 2.24) is 4.98 Å². The minimum atomic E-state index is 0.291. The first-order chi connectivity index (χ1) is 8.29. The van der Waals surface area contributed by atoms with Gasteiger partial charge in [0.25, 0.3) is 0 Å². The van der Waals surface area contributed by atoms with E-state index >= 15 is 0 Å². The van der Waals surface area contributed by atoms with E-state index in [0.717, 1.165) is 5.69 Å². The van der Waals surface area contributed by atoms with Crippen LogP contribution in [0.5, 0.6) is 5.75 Å². The number of hydrogen-bond donors (Lipinski definition) is 0. The Kier molecular flexibility index (Phi) is 3.59. The van der Waals surface area contributed by atoms with E-state index in [1.165, 1.54) is 0 Å². The van der Waals surface area contributed by atoms with Crippen LogP contribution in [0.15, 0.2) is 42.5 Å². The average molecular weight is 245 g/mol. The smallest absolute Gasteiger partial charge is 0.137 e. The zero-order valence-corrected chi connectivity index (χ0v) is 9.69. The maximum absolute atomic E-state index is 8.89. The maximum atomic E-state index is 8.89. The highest BCUT2D eigenvalue weighted by Gasteiger charge is 2.02. The lowest BCUT2D eigenvalue weighted by atomic mass is 10.2. The molecule has 0 aliphatic heterocycles. The molecule has 2 rings (SSSR count). The van der Waals surface area contributed by atoms with Crippen molar-refractivity contribution in [2.24, 2.45) is 0 Å². The van der Waals surface area contributed by atoms with Gasteiger partial charge in [-0.2, -0.15) is 5.26 Å². The van der Waals surface area contributed by atoms with Gasteiger partial charge in [0.1, 0.15) is 23.6 Å². The third-order valence-electron chi connectivity index (χ3n) is 2.16. The molecule has 2 aromatic rings. The fourth-order valence-corrected chi connectivity index (χ4v) is 1.55. The van der Waals surface area contributed by atoms with E-state index in [2.05, 4.69) is 11.1 Å². The van der Waals surface area contributed by atoms with E-state index in [-0.39, 0.29) is 0 Å². The molecule has 0 amide bonds. The van der Waals surface area contributed by atoms with Crippen LogP contribution >= 0.6 is 11.6 Å². The fourth-order valence-electron chi connectivity index (χ4n) is 1.37. The first kappa shape index (κ1) is 11.4. The first-order valence-corrected chi connectivity index (χ1v) is 5.41. The van der Waals surface area contributed by atoms with Gasteiger partial charge >= 0.3 is 0 Å². The summed E-state index contributed by atoms with van der Waals surface area (Å²) in [5, 5.41) is 9.32. The summed E-state index contributed by atoms with van der Waals surface area (Å²) in [5.41, 5.74) is 1.24. The molecule has 0 radical (unpaired) electrons. The zero-order chi connectivity index (χ0) is 12.1. The molecule has 17 heavy (non-hydrogen) atoms. The molecule has 0 fully saturated rings. The number of ether oxygens (including phenoxy) is 1. The summed E-state index contributed by atoms with van der Waals surface area (Å²) in [5.74, 6) is 0.553. The van der Waals surface area contributed by atoms with E-state index in [0.29, 0.717) is 23.1 Å². The summed E-state index contributed by atoms with van der Waals surface area (Å²) < 4.78 is 5.53. The molecule has 0 spiro atoms. The molecule has 0 aliphatic carbocycles. The third kappa shape index (κ3) is 2.96. The van der Waals surface area contributed by atoms with Crippen LogP contribution in [-0.4, -0.2) is 4.98 Å². The Morgan fingerprint density at radius 2 is 2.00 bits per heavy atom. The fraction of sp³-hybridized carbons (Fsp3) is 0.0769. The van der Waals surface area contributed by atoms with E-state index in [9.17, 15) is 0 Å². The standard InChI is InChI=1S/C13H9ClN2O/c14-13-7-3-5-11(16-13)9-17-12-6-2-1-4-10(12)8-15/h1-7H,9H2. The van der Waals surface area contributed by atoms with Crippen molar-refractivity contribution < 1.29 is 4.74 Å². The van der Waals surface area contributed by atoms with Gasteiger partial charge in [-0.15, -0.1) is 0 Å². The summed E-state index contributed by atoms with van der Waals surface area (Å²) in [6.07, 6.45) is 0. The molecule has 1 aromatic heterocycles. The number of para-hydroxylation sites is 1. The van der Waals surface area contributed by atoms with Gasteiger partial charge < -0.3 is 4.74 Å². The monoisotopic (exact) mass is 244 g/mol. The SMILES string of the molecule is N#Cc1ccccc1OCc1cccc(Cl)n1. The molecule has 4 heteroatoms. The molecule has 0 aliphatic rings. The van der Waals surface area contributed by atoms with Gasteiger partial charge in [-0.25, -0.2) is 4.98 Å². The Balaban J connectivity index is 2.10. The second kappa shape index (κ2) is 5.33. The van der Waals surface area contributed by atoms with Crippen molar-refractivity contribution >= 4 is 11.6 Å². The van der Waals surface area contributed by atoms with Crippen molar-refractivity contribution in [2.45, 2.75) is 6.61 Å². The number of pyridine rings is 1. The number of benzene rings is 1. The van der Waals surface area contributed by atoms with E-state index in [4.69, 9.17) is 21.6 Å². The molecule has 0 bridgehead atoms. The molecule has 1 heterocycles. The van der Waals surface area contributed by atoms with Crippen molar-refractivity contribution in [3.8, 4) is 11.8 Å². The molecular formula is C13H9ClN2O. The summed E-state index contributed by atoms with van der Waals surface area (Å²) in [4.78, 5) is 4.10. The van der Waals surface area contributed by atoms with Gasteiger partial charge in [-0.05, 0) is 24.3 Å². The lowest BCUT2D eigenvalue weighted by Crippen LogP contribution is -1.99. The summed E-state index contributed by atoms with van der Waals surface area (Å²) in [6.45, 7) is 0.291. The van der Waals surface area contributed by atoms with Crippen molar-refractivity contribution in [2.75, 3.05) is 0 Å². The second-order valence-electron chi connectivity index (χ2n) is 3.35. The minimum Gasteiger partial charge on any atom is -0.486 e. The normalized spacial score (nSPS) is 9.65. The van der Waals surface area contributed by atoms with Gasteiger partial charge in [0.05, 0.1) is 11.3 Å². The van der Waals surface area contributed by atoms with Crippen LogP contribution in [0.2, 0.25) is 5.15 Å². The first-order valence-electron chi connectivity index (χ1n) is 5.03. The van der Waals surface area contributed by atoms with Crippen LogP contribution in [0, 0.1) is 11.3 Å². The average Bonchev–Trinajstić information content (AvgIpc) is 2.37. The highest BCUT2D eigenvalue weighted by molar-refractivity contribution is 6.29. The van der Waals surface area contributed by atoms with Gasteiger partial charge in [0.2, 0.25) is 0 Å². The largest absolute Gasteiger partial charge is 0.486 e. The molecule has 0 saturated heterocycles. The quantitative estimate of drug-likeness (QED) is 0.779. The number of nitrogens with zero attached hydrogens (tertiary/aromatic N) is 2. The minimum absolute atomic E-state index is 0.291. The van der Waals surface area contributed by atoms with Gasteiger partial charge in [0.15, 0.2) is 0 Å². The molecule has 3 nitrogen and oxygen atoms in total. The molecular weight excluding hydrogens is 236 g/mol. The van der Waals surface area contributed by atoms with Gasteiger partial charge in [-0.3, -0.25) is 0 Å². The van der Waals surface area contributed by atoms with Crippen LogP contribution in [0.4, 0.5) is 0 Å². The Morgan fingerprint density at radius 1 is 1.18 bits per heavy atom. The number of nitriles is 1. The second-order valence-corrected chi connectivity index (χ2v) is 3.74. The summed E-state index contributed by atoms with van der Waals surface area (Å²) in [7, 11) is 0. The topological polar surface area (TPSA) is 45.9 Å². The predicted molar refractivity (Wildman–Crippen MR) is 64.7 cm³/mol. The molecule has 1 aromatic carbocycles. The third-order valence-corrected chi connectivity index (χ3v) is 2.37. The van der Waals surface area contributed by atoms with Gasteiger partial charge in [-0.1, -0.05) is 29.8 Å². The molecule has 0 saturated carbocycles. The Morgan fingerprint density at radius 3 is 2.76 bits per heavy atom. The van der Waals surface area contributed by atoms with Crippen LogP contribution < -0.4 is 4.74 Å². The molecule has 84 valence electrons. The van der Waals surface area contributed by atoms with E-state index < -0.39 is 0 Å². The molecule has 0 N–H and O–H groups in total. The van der Waals surface area contributed by atoms with Crippen LogP contribution in [0.1, 0.15) is 11.3 Å². The summed E-state index contributed by atoms with van der Waals surface area (Å²) >= 11 is 5.77. The highest BCUT2D eigenvalue weighted by atomic mass is 35.5.